The van der Waals surface area contributed by atoms with E-state index in [4.69, 9.17) is 19.2 Å². The van der Waals surface area contributed by atoms with Crippen LogP contribution < -0.4 is 10.6 Å². The molecule has 1 unspecified atom stereocenters. The van der Waals surface area contributed by atoms with Crippen molar-refractivity contribution in [1.82, 2.24) is 15.2 Å². The van der Waals surface area contributed by atoms with Gasteiger partial charge in [0.25, 0.3) is 0 Å². The van der Waals surface area contributed by atoms with E-state index < -0.39 is 35.9 Å². The number of carboxylic acid groups (broad SMARTS) is 1. The normalized spacial score (nSPS) is 23.2. The molecule has 1 aliphatic carbocycles. The van der Waals surface area contributed by atoms with E-state index in [9.17, 15) is 19.5 Å². The summed E-state index contributed by atoms with van der Waals surface area (Å²) in [6.45, 7) is 7.20. The number of amides is 2. The van der Waals surface area contributed by atoms with Crippen molar-refractivity contribution in [1.29, 1.82) is 0 Å². The molecule has 1 aromatic rings. The summed E-state index contributed by atoms with van der Waals surface area (Å²) in [6.07, 6.45) is 5.09. The molecular formula is C28H42N4O7. The van der Waals surface area contributed by atoms with Crippen molar-refractivity contribution in [2.75, 3.05) is 31.6 Å². The molecule has 11 heteroatoms. The Balaban J connectivity index is 1.09. The molecule has 11 nitrogen and oxygen atoms in total. The second-order valence-corrected chi connectivity index (χ2v) is 11.8. The van der Waals surface area contributed by atoms with Gasteiger partial charge in [0.2, 0.25) is 0 Å². The first-order valence-electron chi connectivity index (χ1n) is 14.1. The molecule has 4 rings (SSSR count). The summed E-state index contributed by atoms with van der Waals surface area (Å²) in [6, 6.07) is 3.21. The van der Waals surface area contributed by atoms with E-state index in [1.54, 1.807) is 20.8 Å². The maximum atomic E-state index is 12.3. The number of aromatic nitrogens is 1. The zero-order valence-corrected chi connectivity index (χ0v) is 23.2. The van der Waals surface area contributed by atoms with Crippen LogP contribution in [0.2, 0.25) is 0 Å². The molecule has 3 heterocycles. The maximum absolute atomic E-state index is 12.3. The largest absolute Gasteiger partial charge is 0.480 e. The van der Waals surface area contributed by atoms with E-state index >= 15 is 0 Å². The van der Waals surface area contributed by atoms with Crippen LogP contribution in [-0.4, -0.2) is 83.2 Å². The summed E-state index contributed by atoms with van der Waals surface area (Å²) < 4.78 is 16.6. The molecule has 216 valence electrons. The number of aryl methyl sites for hydroxylation is 2. The number of pyridine rings is 1. The fraction of sp³-hybridized carbons (Fsp3) is 0.714. The molecule has 1 aromatic heterocycles. The third-order valence-electron chi connectivity index (χ3n) is 7.37. The number of carbonyl (C=O) groups is 3. The van der Waals surface area contributed by atoms with Crippen LogP contribution in [0.1, 0.15) is 70.6 Å². The zero-order chi connectivity index (χ0) is 28.0. The van der Waals surface area contributed by atoms with Crippen LogP contribution >= 0.6 is 0 Å². The highest BCUT2D eigenvalue weighted by atomic mass is 16.6. The molecule has 2 atom stereocenters. The second kappa shape index (κ2) is 12.8. The fourth-order valence-electron chi connectivity index (χ4n) is 5.16. The molecule has 0 bridgehead atoms. The van der Waals surface area contributed by atoms with Gasteiger partial charge in [-0.25, -0.2) is 19.4 Å². The summed E-state index contributed by atoms with van der Waals surface area (Å²) >= 11 is 0. The standard InChI is InChI=1S/C28H42N4O7/c1-28(2,3)39-27(36)32-13-10-21(17-32)38-26(35)31-23(25(33)34)11-14-37-22-15-18(16-22)6-8-20-9-7-19-5-4-12-29-24(19)30-20/h7,9,18,21-23H,4-6,8,10-17H2,1-3H3,(H,29,30)(H,31,35)(H,33,34)/t18?,21-,22?,23?/m0/s1. The van der Waals surface area contributed by atoms with Gasteiger partial charge in [-0.3, -0.25) is 0 Å². The number of anilines is 1. The van der Waals surface area contributed by atoms with Gasteiger partial charge in [0.15, 0.2) is 0 Å². The third-order valence-corrected chi connectivity index (χ3v) is 7.37. The zero-order valence-electron chi connectivity index (χ0n) is 23.2. The SMILES string of the molecule is CC(C)(C)OC(=O)N1CC[C@H](OC(=O)NC(CCOC2CC(CCc3ccc4c(n3)NCCC4)C2)C(=O)O)C1. The highest BCUT2D eigenvalue weighted by molar-refractivity contribution is 5.80. The lowest BCUT2D eigenvalue weighted by atomic mass is 9.79. The van der Waals surface area contributed by atoms with Crippen molar-refractivity contribution in [3.63, 3.8) is 0 Å². The van der Waals surface area contributed by atoms with Crippen LogP contribution in [0.15, 0.2) is 12.1 Å². The Morgan fingerprint density at radius 3 is 2.77 bits per heavy atom. The lowest BCUT2D eigenvalue weighted by molar-refractivity contribution is -0.140. The molecule has 39 heavy (non-hydrogen) atoms. The van der Waals surface area contributed by atoms with Crippen LogP contribution in [0, 0.1) is 5.92 Å². The van der Waals surface area contributed by atoms with Crippen molar-refractivity contribution in [2.24, 2.45) is 5.92 Å². The van der Waals surface area contributed by atoms with Crippen LogP contribution in [0.3, 0.4) is 0 Å². The molecule has 0 radical (unpaired) electrons. The van der Waals surface area contributed by atoms with Gasteiger partial charge in [0.1, 0.15) is 23.6 Å². The predicted molar refractivity (Wildman–Crippen MR) is 144 cm³/mol. The number of likely N-dealkylation sites (tertiary alicyclic amines) is 1. The Morgan fingerprint density at radius 2 is 2.03 bits per heavy atom. The van der Waals surface area contributed by atoms with Gasteiger partial charge in [0, 0.05) is 38.2 Å². The van der Waals surface area contributed by atoms with Crippen LogP contribution in [-0.2, 0) is 31.8 Å². The molecule has 2 aliphatic heterocycles. The average molecular weight is 547 g/mol. The Kier molecular flexibility index (Phi) is 9.53. The molecule has 3 aliphatic rings. The molecule has 0 spiro atoms. The fourth-order valence-corrected chi connectivity index (χ4v) is 5.16. The highest BCUT2D eigenvalue weighted by Crippen LogP contribution is 2.34. The first-order valence-corrected chi connectivity index (χ1v) is 14.1. The predicted octanol–water partition coefficient (Wildman–Crippen LogP) is 3.75. The Morgan fingerprint density at radius 1 is 1.23 bits per heavy atom. The summed E-state index contributed by atoms with van der Waals surface area (Å²) in [7, 11) is 0. The smallest absolute Gasteiger partial charge is 0.410 e. The molecule has 2 fully saturated rings. The van der Waals surface area contributed by atoms with Crippen molar-refractivity contribution >= 4 is 24.0 Å². The Bertz CT molecular complexity index is 1020. The Hall–Kier alpha value is -3.08. The lowest BCUT2D eigenvalue weighted by Crippen LogP contribution is -2.44. The number of hydrogen-bond acceptors (Lipinski definition) is 8. The minimum absolute atomic E-state index is 0.117. The topological polar surface area (TPSA) is 139 Å². The van der Waals surface area contributed by atoms with E-state index in [2.05, 4.69) is 22.8 Å². The highest BCUT2D eigenvalue weighted by Gasteiger charge is 2.33. The van der Waals surface area contributed by atoms with E-state index in [1.165, 1.54) is 10.5 Å². The summed E-state index contributed by atoms with van der Waals surface area (Å²) in [5, 5.41) is 15.3. The number of rotatable bonds is 10. The summed E-state index contributed by atoms with van der Waals surface area (Å²) in [4.78, 5) is 42.4. The number of fused-ring (bicyclic) bond motifs is 1. The third kappa shape index (κ3) is 8.71. The minimum Gasteiger partial charge on any atom is -0.480 e. The van der Waals surface area contributed by atoms with E-state index in [-0.39, 0.29) is 25.7 Å². The van der Waals surface area contributed by atoms with Gasteiger partial charge in [0.05, 0.1) is 12.6 Å². The van der Waals surface area contributed by atoms with Gasteiger partial charge in [-0.1, -0.05) is 6.07 Å². The quantitative estimate of drug-likeness (QED) is 0.400. The van der Waals surface area contributed by atoms with Gasteiger partial charge >= 0.3 is 18.2 Å². The van der Waals surface area contributed by atoms with E-state index in [0.717, 1.165) is 56.6 Å². The van der Waals surface area contributed by atoms with Crippen molar-refractivity contribution < 1.29 is 33.7 Å². The first-order chi connectivity index (χ1) is 18.6. The van der Waals surface area contributed by atoms with Gasteiger partial charge < -0.3 is 34.9 Å². The number of carboxylic acids is 1. The molecule has 1 saturated carbocycles. The van der Waals surface area contributed by atoms with Crippen molar-refractivity contribution in [3.8, 4) is 0 Å². The van der Waals surface area contributed by atoms with Crippen LogP contribution in [0.5, 0.6) is 0 Å². The lowest BCUT2D eigenvalue weighted by Gasteiger charge is -2.35. The second-order valence-electron chi connectivity index (χ2n) is 11.8. The van der Waals surface area contributed by atoms with E-state index in [1.807, 2.05) is 0 Å². The molecular weight excluding hydrogens is 504 g/mol. The summed E-state index contributed by atoms with van der Waals surface area (Å²) in [5.74, 6) is 0.469. The van der Waals surface area contributed by atoms with Crippen LogP contribution in [0.4, 0.5) is 15.4 Å². The number of ether oxygens (including phenoxy) is 3. The molecule has 0 aromatic carbocycles. The molecule has 1 saturated heterocycles. The number of carbonyl (C=O) groups excluding carboxylic acids is 2. The number of nitrogens with one attached hydrogen (secondary N) is 2. The van der Waals surface area contributed by atoms with Gasteiger partial charge in [-0.15, -0.1) is 0 Å². The average Bonchev–Trinajstić information content (AvgIpc) is 3.31. The maximum Gasteiger partial charge on any atom is 0.410 e. The summed E-state index contributed by atoms with van der Waals surface area (Å²) in [5.41, 5.74) is 1.81. The van der Waals surface area contributed by atoms with Crippen molar-refractivity contribution in [3.05, 3.63) is 23.4 Å². The molecule has 2 amide bonds. The minimum atomic E-state index is -1.14. The van der Waals surface area contributed by atoms with Gasteiger partial charge in [-0.05, 0) is 76.8 Å². The van der Waals surface area contributed by atoms with Gasteiger partial charge in [-0.2, -0.15) is 0 Å². The number of aliphatic carboxylic acids is 1. The Labute approximate surface area is 230 Å². The monoisotopic (exact) mass is 546 g/mol. The first kappa shape index (κ1) is 28.9. The van der Waals surface area contributed by atoms with Crippen LogP contribution in [0.25, 0.3) is 0 Å². The number of nitrogens with zero attached hydrogens (tertiary/aromatic N) is 2. The molecule has 3 N–H and O–H groups in total. The van der Waals surface area contributed by atoms with Crippen molar-refractivity contribution in [2.45, 2.75) is 96.0 Å². The number of alkyl carbamates (subject to hydrolysis) is 1. The van der Waals surface area contributed by atoms with E-state index in [0.29, 0.717) is 18.9 Å². The number of hydrogen-bond donors (Lipinski definition) is 3.